The number of hydrogen-bond acceptors (Lipinski definition) is 2. The number of ether oxygens (including phenoxy) is 1. The number of halogens is 1. The number of nitrogens with zero attached hydrogens (tertiary/aromatic N) is 1. The number of rotatable bonds is 3. The molecule has 4 nitrogen and oxygen atoms in total. The van der Waals surface area contributed by atoms with E-state index in [1.54, 1.807) is 6.26 Å². The fourth-order valence-corrected chi connectivity index (χ4v) is 2.42. The Balaban J connectivity index is 0.00000162. The third-order valence-electron chi connectivity index (χ3n) is 3.44. The van der Waals surface area contributed by atoms with Gasteiger partial charge in [0, 0.05) is 6.04 Å². The second-order valence-electron chi connectivity index (χ2n) is 4.91. The molecular weight excluding hydrogens is 341 g/mol. The lowest BCUT2D eigenvalue weighted by molar-refractivity contribution is 0.131. The third-order valence-corrected chi connectivity index (χ3v) is 3.44. The lowest BCUT2D eigenvalue weighted by atomic mass is 9.96. The molecule has 0 aromatic carbocycles. The summed E-state index contributed by atoms with van der Waals surface area (Å²) in [7, 11) is 0. The summed E-state index contributed by atoms with van der Waals surface area (Å²) in [5.41, 5.74) is 5.89. The van der Waals surface area contributed by atoms with Gasteiger partial charge in [-0.1, -0.05) is 19.3 Å². The number of guanidine groups is 1. The van der Waals surface area contributed by atoms with Crippen molar-refractivity contribution < 1.29 is 4.74 Å². The van der Waals surface area contributed by atoms with Crippen LogP contribution in [-0.2, 0) is 4.74 Å². The van der Waals surface area contributed by atoms with E-state index in [1.807, 2.05) is 6.08 Å². The second-order valence-corrected chi connectivity index (χ2v) is 4.91. The molecule has 1 unspecified atom stereocenters. The van der Waals surface area contributed by atoms with E-state index in [1.165, 1.54) is 32.1 Å². The van der Waals surface area contributed by atoms with Crippen molar-refractivity contribution in [1.82, 2.24) is 5.32 Å². The quantitative estimate of drug-likeness (QED) is 0.459. The van der Waals surface area contributed by atoms with Crippen LogP contribution >= 0.6 is 24.0 Å². The monoisotopic (exact) mass is 365 g/mol. The van der Waals surface area contributed by atoms with Gasteiger partial charge in [0.1, 0.15) is 6.10 Å². The average molecular weight is 365 g/mol. The molecule has 5 heteroatoms. The van der Waals surface area contributed by atoms with E-state index in [-0.39, 0.29) is 30.1 Å². The lowest BCUT2D eigenvalue weighted by Crippen LogP contribution is -2.41. The van der Waals surface area contributed by atoms with Gasteiger partial charge in [-0.15, -0.1) is 24.0 Å². The van der Waals surface area contributed by atoms with Gasteiger partial charge in [0.05, 0.1) is 12.8 Å². The summed E-state index contributed by atoms with van der Waals surface area (Å²) < 4.78 is 5.45. The molecule has 1 atom stereocenters. The van der Waals surface area contributed by atoms with Gasteiger partial charge >= 0.3 is 0 Å². The topological polar surface area (TPSA) is 59.6 Å². The highest BCUT2D eigenvalue weighted by Crippen LogP contribution is 2.17. The molecule has 0 radical (unpaired) electrons. The number of nitrogens with one attached hydrogen (secondary N) is 1. The van der Waals surface area contributed by atoms with Gasteiger partial charge in [0.25, 0.3) is 0 Å². The van der Waals surface area contributed by atoms with Crippen molar-refractivity contribution in [3.8, 4) is 0 Å². The molecule has 0 bridgehead atoms. The van der Waals surface area contributed by atoms with Gasteiger partial charge in [0.15, 0.2) is 5.96 Å². The number of nitrogens with two attached hydrogens (primary N) is 1. The van der Waals surface area contributed by atoms with Crippen LogP contribution in [0, 0.1) is 0 Å². The Kier molecular flexibility index (Phi) is 7.46. The first-order chi connectivity index (χ1) is 8.34. The molecule has 2 rings (SSSR count). The molecule has 18 heavy (non-hydrogen) atoms. The summed E-state index contributed by atoms with van der Waals surface area (Å²) in [5.74, 6) is 0.579. The van der Waals surface area contributed by atoms with Crippen molar-refractivity contribution >= 4 is 29.9 Å². The van der Waals surface area contributed by atoms with E-state index in [9.17, 15) is 0 Å². The summed E-state index contributed by atoms with van der Waals surface area (Å²) in [5, 5.41) is 3.31. The van der Waals surface area contributed by atoms with Gasteiger partial charge < -0.3 is 15.8 Å². The first kappa shape index (κ1) is 15.6. The molecule has 0 saturated heterocycles. The largest absolute Gasteiger partial charge is 0.496 e. The highest BCUT2D eigenvalue weighted by molar-refractivity contribution is 14.0. The Labute approximate surface area is 126 Å². The second kappa shape index (κ2) is 8.61. The third kappa shape index (κ3) is 5.46. The van der Waals surface area contributed by atoms with E-state index in [0.717, 1.165) is 12.8 Å². The predicted octanol–water partition coefficient (Wildman–Crippen LogP) is 2.53. The summed E-state index contributed by atoms with van der Waals surface area (Å²) >= 11 is 0. The van der Waals surface area contributed by atoms with Crippen molar-refractivity contribution in [3.63, 3.8) is 0 Å². The van der Waals surface area contributed by atoms with Crippen molar-refractivity contribution in [2.75, 3.05) is 6.54 Å². The van der Waals surface area contributed by atoms with E-state index in [2.05, 4.69) is 10.3 Å². The van der Waals surface area contributed by atoms with E-state index in [0.29, 0.717) is 18.5 Å². The van der Waals surface area contributed by atoms with Crippen LogP contribution in [-0.4, -0.2) is 24.7 Å². The van der Waals surface area contributed by atoms with Crippen LogP contribution in [0.2, 0.25) is 0 Å². The highest BCUT2D eigenvalue weighted by Gasteiger charge is 2.14. The van der Waals surface area contributed by atoms with Crippen LogP contribution in [0.3, 0.4) is 0 Å². The minimum atomic E-state index is 0. The summed E-state index contributed by atoms with van der Waals surface area (Å²) in [6.45, 7) is 0.663. The minimum Gasteiger partial charge on any atom is -0.496 e. The fraction of sp³-hybridized carbons (Fsp3) is 0.769. The van der Waals surface area contributed by atoms with Crippen LogP contribution in [0.25, 0.3) is 0 Å². The van der Waals surface area contributed by atoms with Crippen LogP contribution in [0.15, 0.2) is 17.3 Å². The Morgan fingerprint density at radius 1 is 1.28 bits per heavy atom. The molecule has 0 spiro atoms. The average Bonchev–Trinajstić information content (AvgIpc) is 2.39. The molecule has 1 fully saturated rings. The number of hydrogen-bond donors (Lipinski definition) is 2. The molecule has 1 aliphatic heterocycles. The van der Waals surface area contributed by atoms with Crippen LogP contribution in [0.1, 0.15) is 44.9 Å². The minimum absolute atomic E-state index is 0. The van der Waals surface area contributed by atoms with Gasteiger partial charge in [-0.2, -0.15) is 0 Å². The van der Waals surface area contributed by atoms with Crippen molar-refractivity contribution in [2.45, 2.75) is 57.1 Å². The maximum absolute atomic E-state index is 5.89. The first-order valence-electron chi connectivity index (χ1n) is 6.71. The molecule has 1 aliphatic carbocycles. The molecule has 0 aromatic heterocycles. The molecule has 104 valence electrons. The molecule has 0 amide bonds. The maximum Gasteiger partial charge on any atom is 0.188 e. The summed E-state index contributed by atoms with van der Waals surface area (Å²) in [4.78, 5) is 4.37. The van der Waals surface area contributed by atoms with Gasteiger partial charge in [-0.3, -0.25) is 0 Å². The van der Waals surface area contributed by atoms with Crippen LogP contribution in [0.4, 0.5) is 0 Å². The molecular formula is C13H24IN3O. The smallest absolute Gasteiger partial charge is 0.188 e. The van der Waals surface area contributed by atoms with Crippen LogP contribution in [0.5, 0.6) is 0 Å². The van der Waals surface area contributed by atoms with Gasteiger partial charge in [-0.05, 0) is 31.8 Å². The van der Waals surface area contributed by atoms with Gasteiger partial charge in [-0.25, -0.2) is 4.99 Å². The van der Waals surface area contributed by atoms with Crippen molar-refractivity contribution in [1.29, 1.82) is 0 Å². The number of allylic oxidation sites excluding steroid dienone is 1. The summed E-state index contributed by atoms with van der Waals surface area (Å²) in [6.07, 6.45) is 12.6. The first-order valence-corrected chi connectivity index (χ1v) is 6.71. The van der Waals surface area contributed by atoms with Crippen LogP contribution < -0.4 is 11.1 Å². The summed E-state index contributed by atoms with van der Waals surface area (Å²) in [6, 6.07) is 0.527. The standard InChI is InChI=1S/C13H23N3O.HI/c14-13(16-11-6-2-1-3-7-11)15-10-12-8-4-5-9-17-12;/h5,9,11-12H,1-4,6-8,10H2,(H3,14,15,16);1H. The zero-order chi connectivity index (χ0) is 11.9. The molecule has 2 aliphatic rings. The molecule has 0 aromatic rings. The number of aliphatic imine (C=N–C) groups is 1. The zero-order valence-corrected chi connectivity index (χ0v) is 13.1. The van der Waals surface area contributed by atoms with E-state index in [4.69, 9.17) is 10.5 Å². The normalized spacial score (nSPS) is 25.1. The predicted molar refractivity (Wildman–Crippen MR) is 85.2 cm³/mol. The Bertz CT molecular complexity index is 288. The molecule has 1 heterocycles. The Morgan fingerprint density at radius 2 is 2.06 bits per heavy atom. The van der Waals surface area contributed by atoms with Crippen molar-refractivity contribution in [2.24, 2.45) is 10.7 Å². The molecule has 3 N–H and O–H groups in total. The lowest BCUT2D eigenvalue weighted by Gasteiger charge is -2.23. The van der Waals surface area contributed by atoms with E-state index < -0.39 is 0 Å². The highest BCUT2D eigenvalue weighted by atomic mass is 127. The fourth-order valence-electron chi connectivity index (χ4n) is 2.42. The van der Waals surface area contributed by atoms with Crippen molar-refractivity contribution in [3.05, 3.63) is 12.3 Å². The maximum atomic E-state index is 5.89. The van der Waals surface area contributed by atoms with E-state index >= 15 is 0 Å². The van der Waals surface area contributed by atoms with Gasteiger partial charge in [0.2, 0.25) is 0 Å². The SMILES string of the molecule is I.NC(=NCC1CCC=CO1)NC1CCCCC1. The molecule has 1 saturated carbocycles. The Morgan fingerprint density at radius 3 is 2.72 bits per heavy atom. The zero-order valence-electron chi connectivity index (χ0n) is 10.8. The Hall–Kier alpha value is -0.460.